The number of rotatable bonds is 5. The monoisotopic (exact) mass is 317 g/mol. The lowest BCUT2D eigenvalue weighted by Gasteiger charge is -2.26. The molecule has 96 valence electrons. The Hall–Kier alpha value is -0.350. The smallest absolute Gasteiger partial charge is 0.264 e. The van der Waals surface area contributed by atoms with E-state index in [1.807, 2.05) is 11.0 Å². The van der Waals surface area contributed by atoms with Gasteiger partial charge in [-0.3, -0.25) is 4.79 Å². The first-order chi connectivity index (χ1) is 7.97. The molecule has 0 bridgehead atoms. The summed E-state index contributed by atoms with van der Waals surface area (Å²) in [6, 6.07) is 2.26. The average Bonchev–Trinajstić information content (AvgIpc) is 2.59. The van der Waals surface area contributed by atoms with E-state index in [4.69, 9.17) is 0 Å². The molecule has 1 heterocycles. The fourth-order valence-electron chi connectivity index (χ4n) is 1.64. The number of carbonyl (C=O) groups is 1. The fraction of sp³-hybridized carbons (Fsp3) is 0.615. The zero-order valence-electron chi connectivity index (χ0n) is 10.9. The van der Waals surface area contributed by atoms with E-state index >= 15 is 0 Å². The number of halogens is 1. The molecule has 0 radical (unpaired) electrons. The van der Waals surface area contributed by atoms with Crippen LogP contribution in [0.25, 0.3) is 0 Å². The zero-order valence-corrected chi connectivity index (χ0v) is 13.3. The molecule has 0 fully saturated rings. The summed E-state index contributed by atoms with van der Waals surface area (Å²) in [5, 5.41) is 0.937. The van der Waals surface area contributed by atoms with Crippen LogP contribution in [0.1, 0.15) is 40.4 Å². The molecule has 0 aliphatic heterocycles. The van der Waals surface area contributed by atoms with Crippen molar-refractivity contribution in [3.63, 3.8) is 0 Å². The van der Waals surface area contributed by atoms with E-state index in [1.54, 1.807) is 11.3 Å². The van der Waals surface area contributed by atoms with Gasteiger partial charge < -0.3 is 4.90 Å². The molecule has 0 aliphatic rings. The normalized spacial score (nSPS) is 10.9. The molecule has 1 rings (SSSR count). The van der Waals surface area contributed by atoms with E-state index in [9.17, 15) is 4.79 Å². The molecule has 0 saturated heterocycles. The molecule has 17 heavy (non-hydrogen) atoms. The standard InChI is InChI=1S/C13H20BrNOS/c1-9(2)15(7-5-6-14)13(16)12-8-10(3)11(4)17-12/h8-9H,5-7H2,1-4H3. The Bertz CT molecular complexity index is 367. The number of thiophene rings is 1. The summed E-state index contributed by atoms with van der Waals surface area (Å²) < 4.78 is 0. The van der Waals surface area contributed by atoms with Gasteiger partial charge in [-0.25, -0.2) is 0 Å². The van der Waals surface area contributed by atoms with Crippen molar-refractivity contribution in [2.24, 2.45) is 0 Å². The highest BCUT2D eigenvalue weighted by Crippen LogP contribution is 2.23. The Kier molecular flexibility index (Phi) is 5.67. The fourth-order valence-corrected chi connectivity index (χ4v) is 2.89. The summed E-state index contributed by atoms with van der Waals surface area (Å²) >= 11 is 5.01. The van der Waals surface area contributed by atoms with Gasteiger partial charge in [0.15, 0.2) is 0 Å². The topological polar surface area (TPSA) is 20.3 Å². The van der Waals surface area contributed by atoms with Crippen LogP contribution in [0, 0.1) is 13.8 Å². The number of nitrogens with zero attached hydrogens (tertiary/aromatic N) is 1. The largest absolute Gasteiger partial charge is 0.335 e. The van der Waals surface area contributed by atoms with E-state index in [-0.39, 0.29) is 11.9 Å². The highest BCUT2D eigenvalue weighted by Gasteiger charge is 2.20. The first-order valence-corrected chi connectivity index (χ1v) is 7.85. The maximum atomic E-state index is 12.4. The van der Waals surface area contributed by atoms with Gasteiger partial charge in [-0.1, -0.05) is 15.9 Å². The maximum absolute atomic E-state index is 12.4. The van der Waals surface area contributed by atoms with Crippen LogP contribution in [-0.4, -0.2) is 28.7 Å². The molecule has 0 saturated carbocycles. The third kappa shape index (κ3) is 3.81. The number of aryl methyl sites for hydroxylation is 2. The SMILES string of the molecule is Cc1cc(C(=O)N(CCCBr)C(C)C)sc1C. The van der Waals surface area contributed by atoms with Gasteiger partial charge in [0.2, 0.25) is 0 Å². The van der Waals surface area contributed by atoms with Gasteiger partial charge in [-0.2, -0.15) is 0 Å². The van der Waals surface area contributed by atoms with Crippen molar-refractivity contribution in [3.8, 4) is 0 Å². The van der Waals surface area contributed by atoms with Crippen LogP contribution in [0.4, 0.5) is 0 Å². The molecule has 0 spiro atoms. The second-order valence-corrected chi connectivity index (χ2v) is 6.53. The van der Waals surface area contributed by atoms with E-state index in [2.05, 4.69) is 43.6 Å². The lowest BCUT2D eigenvalue weighted by molar-refractivity contribution is 0.0711. The summed E-state index contributed by atoms with van der Waals surface area (Å²) in [5.74, 6) is 0.169. The van der Waals surface area contributed by atoms with Crippen molar-refractivity contribution in [1.82, 2.24) is 4.90 Å². The van der Waals surface area contributed by atoms with Crippen LogP contribution in [0.2, 0.25) is 0 Å². The molecule has 2 nitrogen and oxygen atoms in total. The lowest BCUT2D eigenvalue weighted by Crippen LogP contribution is -2.37. The van der Waals surface area contributed by atoms with Crippen LogP contribution in [0.5, 0.6) is 0 Å². The van der Waals surface area contributed by atoms with Crippen LogP contribution in [-0.2, 0) is 0 Å². The molecular formula is C13H20BrNOS. The second kappa shape index (κ2) is 6.55. The van der Waals surface area contributed by atoms with Gasteiger partial charge >= 0.3 is 0 Å². The highest BCUT2D eigenvalue weighted by atomic mass is 79.9. The highest BCUT2D eigenvalue weighted by molar-refractivity contribution is 9.09. The third-order valence-corrected chi connectivity index (χ3v) is 4.49. The van der Waals surface area contributed by atoms with Crippen LogP contribution in [0.3, 0.4) is 0 Å². The number of hydrogen-bond acceptors (Lipinski definition) is 2. The Morgan fingerprint density at radius 3 is 2.53 bits per heavy atom. The Morgan fingerprint density at radius 2 is 2.12 bits per heavy atom. The third-order valence-electron chi connectivity index (χ3n) is 2.79. The van der Waals surface area contributed by atoms with Gasteiger partial charge in [0.05, 0.1) is 4.88 Å². The van der Waals surface area contributed by atoms with Gasteiger partial charge in [-0.05, 0) is 45.7 Å². The second-order valence-electron chi connectivity index (χ2n) is 4.48. The summed E-state index contributed by atoms with van der Waals surface area (Å²) in [6.07, 6.45) is 0.993. The Morgan fingerprint density at radius 1 is 1.47 bits per heavy atom. The lowest BCUT2D eigenvalue weighted by atomic mass is 10.2. The number of amides is 1. The van der Waals surface area contributed by atoms with Gasteiger partial charge in [0, 0.05) is 22.8 Å². The van der Waals surface area contributed by atoms with Crippen molar-refractivity contribution >= 4 is 33.2 Å². The van der Waals surface area contributed by atoms with E-state index in [0.717, 1.165) is 23.2 Å². The minimum atomic E-state index is 0.169. The number of alkyl halides is 1. The quantitative estimate of drug-likeness (QED) is 0.752. The molecule has 1 amide bonds. The van der Waals surface area contributed by atoms with Crippen LogP contribution >= 0.6 is 27.3 Å². The molecule has 4 heteroatoms. The average molecular weight is 318 g/mol. The van der Waals surface area contributed by atoms with Crippen LogP contribution < -0.4 is 0 Å². The first-order valence-electron chi connectivity index (χ1n) is 5.91. The van der Waals surface area contributed by atoms with Crippen molar-refractivity contribution in [3.05, 3.63) is 21.4 Å². The van der Waals surface area contributed by atoms with Crippen molar-refractivity contribution in [2.45, 2.75) is 40.2 Å². The summed E-state index contributed by atoms with van der Waals surface area (Å²) in [4.78, 5) is 16.4. The maximum Gasteiger partial charge on any atom is 0.264 e. The molecule has 0 atom stereocenters. The number of hydrogen-bond donors (Lipinski definition) is 0. The minimum Gasteiger partial charge on any atom is -0.335 e. The minimum absolute atomic E-state index is 0.169. The molecule has 1 aromatic heterocycles. The predicted molar refractivity (Wildman–Crippen MR) is 78.4 cm³/mol. The zero-order chi connectivity index (χ0) is 13.0. The van der Waals surface area contributed by atoms with E-state index < -0.39 is 0 Å². The Balaban J connectivity index is 2.84. The van der Waals surface area contributed by atoms with Crippen molar-refractivity contribution in [1.29, 1.82) is 0 Å². The summed E-state index contributed by atoms with van der Waals surface area (Å²) in [5.41, 5.74) is 1.21. The molecule has 0 aromatic carbocycles. The van der Waals surface area contributed by atoms with Gasteiger partial charge in [0.25, 0.3) is 5.91 Å². The number of carbonyl (C=O) groups excluding carboxylic acids is 1. The predicted octanol–water partition coefficient (Wildman–Crippen LogP) is 4.00. The van der Waals surface area contributed by atoms with Crippen LogP contribution in [0.15, 0.2) is 6.07 Å². The first kappa shape index (κ1) is 14.7. The van der Waals surface area contributed by atoms with Crippen molar-refractivity contribution < 1.29 is 4.79 Å². The van der Waals surface area contributed by atoms with E-state index in [0.29, 0.717) is 0 Å². The molecule has 0 aliphatic carbocycles. The molecule has 0 N–H and O–H groups in total. The summed E-state index contributed by atoms with van der Waals surface area (Å²) in [7, 11) is 0. The molecule has 1 aromatic rings. The Labute approximate surface area is 116 Å². The molecule has 0 unspecified atom stereocenters. The van der Waals surface area contributed by atoms with Gasteiger partial charge in [0.1, 0.15) is 0 Å². The van der Waals surface area contributed by atoms with E-state index in [1.165, 1.54) is 10.4 Å². The van der Waals surface area contributed by atoms with Gasteiger partial charge in [-0.15, -0.1) is 11.3 Å². The molecular weight excluding hydrogens is 298 g/mol. The van der Waals surface area contributed by atoms with Crippen molar-refractivity contribution in [2.75, 3.05) is 11.9 Å². The summed E-state index contributed by atoms with van der Waals surface area (Å²) in [6.45, 7) is 9.08.